The lowest BCUT2D eigenvalue weighted by atomic mass is 10.1. The predicted molar refractivity (Wildman–Crippen MR) is 76.0 cm³/mol. The van der Waals surface area contributed by atoms with Crippen LogP contribution in [-0.2, 0) is 13.0 Å². The molecule has 6 nitrogen and oxygen atoms in total. The second kappa shape index (κ2) is 5.89. The van der Waals surface area contributed by atoms with Crippen LogP contribution in [-0.4, -0.2) is 15.7 Å². The first-order chi connectivity index (χ1) is 9.63. The maximum Gasteiger partial charge on any atom is 0.278 e. The van der Waals surface area contributed by atoms with E-state index in [1.165, 1.54) is 0 Å². The fourth-order valence-electron chi connectivity index (χ4n) is 1.76. The molecule has 2 aromatic rings. The van der Waals surface area contributed by atoms with Crippen LogP contribution in [0.25, 0.3) is 0 Å². The molecule has 102 valence electrons. The van der Waals surface area contributed by atoms with Crippen LogP contribution < -0.4 is 11.1 Å². The monoisotopic (exact) mass is 269 g/mol. The van der Waals surface area contributed by atoms with E-state index < -0.39 is 0 Å². The molecule has 0 saturated heterocycles. The number of nitrogens with two attached hydrogens (primary N) is 1. The van der Waals surface area contributed by atoms with Crippen molar-refractivity contribution in [3.63, 3.8) is 0 Å². The first-order valence-electron chi connectivity index (χ1n) is 6.24. The van der Waals surface area contributed by atoms with Gasteiger partial charge in [-0.2, -0.15) is 10.4 Å². The standard InChI is InChI=1S/C14H15N5O/c1-2-19-9-12(16)13(18-19)14(20)17-11-5-3-10(4-6-11)7-8-15/h3-6,9H,2,7,16H2,1H3,(H,17,20). The van der Waals surface area contributed by atoms with Gasteiger partial charge in [-0.3, -0.25) is 9.48 Å². The Morgan fingerprint density at radius 1 is 1.45 bits per heavy atom. The Labute approximate surface area is 116 Å². The minimum Gasteiger partial charge on any atom is -0.396 e. The molecule has 1 amide bonds. The van der Waals surface area contributed by atoms with Crippen LogP contribution in [0.15, 0.2) is 30.5 Å². The van der Waals surface area contributed by atoms with Gasteiger partial charge in [-0.15, -0.1) is 0 Å². The number of nitrogens with zero attached hydrogens (tertiary/aromatic N) is 3. The van der Waals surface area contributed by atoms with E-state index in [0.717, 1.165) is 5.56 Å². The minimum absolute atomic E-state index is 0.216. The lowest BCUT2D eigenvalue weighted by Crippen LogP contribution is -2.14. The van der Waals surface area contributed by atoms with Gasteiger partial charge >= 0.3 is 0 Å². The zero-order chi connectivity index (χ0) is 14.5. The lowest BCUT2D eigenvalue weighted by Gasteiger charge is -2.04. The number of hydrogen-bond donors (Lipinski definition) is 2. The van der Waals surface area contributed by atoms with Crippen molar-refractivity contribution in [1.29, 1.82) is 5.26 Å². The highest BCUT2D eigenvalue weighted by molar-refractivity contribution is 6.06. The van der Waals surface area contributed by atoms with Gasteiger partial charge in [0.15, 0.2) is 5.69 Å². The van der Waals surface area contributed by atoms with Gasteiger partial charge in [0.2, 0.25) is 0 Å². The second-order valence-electron chi connectivity index (χ2n) is 4.27. The summed E-state index contributed by atoms with van der Waals surface area (Å²) in [6.45, 7) is 2.57. The molecule has 20 heavy (non-hydrogen) atoms. The zero-order valence-electron chi connectivity index (χ0n) is 11.1. The van der Waals surface area contributed by atoms with Gasteiger partial charge in [-0.05, 0) is 24.6 Å². The normalized spacial score (nSPS) is 10.0. The molecule has 0 unspecified atom stereocenters. The highest BCUT2D eigenvalue weighted by Gasteiger charge is 2.14. The molecule has 1 aromatic heterocycles. The first-order valence-corrected chi connectivity index (χ1v) is 6.24. The SMILES string of the molecule is CCn1cc(N)c(C(=O)Nc2ccc(CC#N)cc2)n1. The number of carbonyl (C=O) groups is 1. The van der Waals surface area contributed by atoms with E-state index in [-0.39, 0.29) is 11.6 Å². The number of anilines is 2. The molecule has 1 aromatic carbocycles. The summed E-state index contributed by atoms with van der Waals surface area (Å²) >= 11 is 0. The van der Waals surface area contributed by atoms with Gasteiger partial charge < -0.3 is 11.1 Å². The summed E-state index contributed by atoms with van der Waals surface area (Å²) < 4.78 is 1.61. The third kappa shape index (κ3) is 2.95. The number of benzene rings is 1. The van der Waals surface area contributed by atoms with Crippen molar-refractivity contribution in [3.05, 3.63) is 41.7 Å². The fraction of sp³-hybridized carbons (Fsp3) is 0.214. The van der Waals surface area contributed by atoms with Crippen LogP contribution in [0.1, 0.15) is 23.0 Å². The van der Waals surface area contributed by atoms with E-state index in [2.05, 4.69) is 16.5 Å². The smallest absolute Gasteiger partial charge is 0.278 e. The summed E-state index contributed by atoms with van der Waals surface area (Å²) in [6.07, 6.45) is 1.98. The third-order valence-corrected chi connectivity index (χ3v) is 2.82. The Morgan fingerprint density at radius 2 is 2.15 bits per heavy atom. The van der Waals surface area contributed by atoms with E-state index in [9.17, 15) is 4.79 Å². The summed E-state index contributed by atoms with van der Waals surface area (Å²) in [5.41, 5.74) is 7.87. The molecule has 0 aliphatic rings. The van der Waals surface area contributed by atoms with E-state index in [1.54, 1.807) is 35.1 Å². The summed E-state index contributed by atoms with van der Waals surface area (Å²) in [6, 6.07) is 9.16. The van der Waals surface area contributed by atoms with E-state index in [1.807, 2.05) is 6.92 Å². The molecule has 0 aliphatic carbocycles. The van der Waals surface area contributed by atoms with Crippen LogP contribution in [0, 0.1) is 11.3 Å². The van der Waals surface area contributed by atoms with E-state index in [4.69, 9.17) is 11.0 Å². The van der Waals surface area contributed by atoms with Crippen molar-refractivity contribution < 1.29 is 4.79 Å². The van der Waals surface area contributed by atoms with Gasteiger partial charge in [0.25, 0.3) is 5.91 Å². The Morgan fingerprint density at radius 3 is 2.70 bits per heavy atom. The number of aryl methyl sites for hydroxylation is 1. The quantitative estimate of drug-likeness (QED) is 0.884. The summed E-state index contributed by atoms with van der Waals surface area (Å²) in [4.78, 5) is 12.1. The van der Waals surface area contributed by atoms with Gasteiger partial charge in [0, 0.05) is 18.4 Å². The molecule has 3 N–H and O–H groups in total. The largest absolute Gasteiger partial charge is 0.396 e. The molecular formula is C14H15N5O. The number of nitriles is 1. The summed E-state index contributed by atoms with van der Waals surface area (Å²) in [5, 5.41) is 15.4. The number of aromatic nitrogens is 2. The molecule has 0 saturated carbocycles. The van der Waals surface area contributed by atoms with Gasteiger partial charge in [0.05, 0.1) is 18.2 Å². The third-order valence-electron chi connectivity index (χ3n) is 2.82. The molecule has 1 heterocycles. The molecule has 2 rings (SSSR count). The Kier molecular flexibility index (Phi) is 4.01. The van der Waals surface area contributed by atoms with Crippen molar-refractivity contribution in [2.45, 2.75) is 19.9 Å². The van der Waals surface area contributed by atoms with Crippen molar-refractivity contribution in [2.24, 2.45) is 0 Å². The Hall–Kier alpha value is -2.81. The molecule has 0 bridgehead atoms. The number of nitrogen functional groups attached to an aromatic ring is 1. The average Bonchev–Trinajstić information content (AvgIpc) is 2.83. The molecular weight excluding hydrogens is 254 g/mol. The average molecular weight is 269 g/mol. The Bertz CT molecular complexity index is 651. The van der Waals surface area contributed by atoms with Crippen LogP contribution in [0.5, 0.6) is 0 Å². The number of nitrogens with one attached hydrogen (secondary N) is 1. The van der Waals surface area contributed by atoms with Crippen molar-refractivity contribution in [3.8, 4) is 6.07 Å². The van der Waals surface area contributed by atoms with Gasteiger partial charge in [-0.25, -0.2) is 0 Å². The van der Waals surface area contributed by atoms with Crippen molar-refractivity contribution >= 4 is 17.3 Å². The maximum absolute atomic E-state index is 12.1. The van der Waals surface area contributed by atoms with Crippen LogP contribution >= 0.6 is 0 Å². The molecule has 0 atom stereocenters. The van der Waals surface area contributed by atoms with Crippen molar-refractivity contribution in [2.75, 3.05) is 11.1 Å². The number of rotatable bonds is 4. The predicted octanol–water partition coefficient (Wildman–Crippen LogP) is 1.80. The highest BCUT2D eigenvalue weighted by atomic mass is 16.2. The topological polar surface area (TPSA) is 96.7 Å². The number of carbonyl (C=O) groups excluding carboxylic acids is 1. The van der Waals surface area contributed by atoms with Crippen LogP contribution in [0.2, 0.25) is 0 Å². The summed E-state index contributed by atoms with van der Waals surface area (Å²) in [5.74, 6) is -0.345. The number of hydrogen-bond acceptors (Lipinski definition) is 4. The highest BCUT2D eigenvalue weighted by Crippen LogP contribution is 2.14. The Balaban J connectivity index is 2.11. The molecule has 6 heteroatoms. The summed E-state index contributed by atoms with van der Waals surface area (Å²) in [7, 11) is 0. The zero-order valence-corrected chi connectivity index (χ0v) is 11.1. The van der Waals surface area contributed by atoms with Crippen LogP contribution in [0.4, 0.5) is 11.4 Å². The van der Waals surface area contributed by atoms with Crippen LogP contribution in [0.3, 0.4) is 0 Å². The van der Waals surface area contributed by atoms with Gasteiger partial charge in [0.1, 0.15) is 0 Å². The minimum atomic E-state index is -0.345. The van der Waals surface area contributed by atoms with Gasteiger partial charge in [-0.1, -0.05) is 12.1 Å². The lowest BCUT2D eigenvalue weighted by molar-refractivity contribution is 0.102. The number of amides is 1. The first kappa shape index (κ1) is 13.6. The van der Waals surface area contributed by atoms with Crippen molar-refractivity contribution in [1.82, 2.24) is 9.78 Å². The molecule has 0 aliphatic heterocycles. The molecule has 0 spiro atoms. The van der Waals surface area contributed by atoms with E-state index in [0.29, 0.717) is 24.3 Å². The molecule has 0 radical (unpaired) electrons. The van der Waals surface area contributed by atoms with E-state index >= 15 is 0 Å². The molecule has 0 fully saturated rings. The fourth-order valence-corrected chi connectivity index (χ4v) is 1.76. The second-order valence-corrected chi connectivity index (χ2v) is 4.27. The maximum atomic E-state index is 12.1.